The van der Waals surface area contributed by atoms with Crippen LogP contribution in [-0.2, 0) is 0 Å². The molecule has 2 nitrogen and oxygen atoms in total. The van der Waals surface area contributed by atoms with Crippen LogP contribution in [0.2, 0.25) is 0 Å². The molecule has 0 aliphatic heterocycles. The fourth-order valence-corrected chi connectivity index (χ4v) is 1.56. The summed E-state index contributed by atoms with van der Waals surface area (Å²) in [5.41, 5.74) is 2.26. The van der Waals surface area contributed by atoms with Gasteiger partial charge in [-0.2, -0.15) is 0 Å². The van der Waals surface area contributed by atoms with Gasteiger partial charge in [-0.05, 0) is 30.1 Å². The van der Waals surface area contributed by atoms with Crippen molar-refractivity contribution in [3.05, 3.63) is 23.8 Å². The summed E-state index contributed by atoms with van der Waals surface area (Å²) in [5.74, 6) is 0. The molecule has 0 radical (unpaired) electrons. The first-order valence-electron chi connectivity index (χ1n) is 3.20. The topological polar surface area (TPSA) is 25.8 Å². The molecule has 0 aliphatic rings. The molecule has 0 saturated carbocycles. The molecule has 1 aromatic carbocycles. The van der Waals surface area contributed by atoms with Crippen molar-refractivity contribution in [2.24, 2.45) is 0 Å². The van der Waals surface area contributed by atoms with Crippen LogP contribution in [-0.4, -0.2) is 9.59 Å². The molecular formula is C7H6I2N2S. The predicted octanol–water partition coefficient (Wildman–Crippen LogP) is 3.77. The molecule has 0 amide bonds. The average molecular weight is 404 g/mol. The lowest BCUT2D eigenvalue weighted by atomic mass is 10.2. The lowest BCUT2D eigenvalue weighted by molar-refractivity contribution is 1.20. The van der Waals surface area contributed by atoms with E-state index in [0.29, 0.717) is 0 Å². The number of nitrogens with zero attached hydrogens (tertiary/aromatic N) is 2. The average Bonchev–Trinajstić information content (AvgIpc) is 2.57. The van der Waals surface area contributed by atoms with Crippen molar-refractivity contribution in [2.45, 2.75) is 6.92 Å². The van der Waals surface area contributed by atoms with Gasteiger partial charge in [-0.25, -0.2) is 0 Å². The summed E-state index contributed by atoms with van der Waals surface area (Å²) < 4.78 is 5.05. The van der Waals surface area contributed by atoms with Gasteiger partial charge in [0.05, 0.1) is 4.70 Å². The number of aryl methyl sites for hydroxylation is 1. The Bertz CT molecular complexity index is 361. The molecular weight excluding hydrogens is 398 g/mol. The van der Waals surface area contributed by atoms with Crippen LogP contribution >= 0.6 is 48.8 Å². The van der Waals surface area contributed by atoms with E-state index in [1.807, 2.05) is 12.1 Å². The van der Waals surface area contributed by atoms with Crippen molar-refractivity contribution < 1.29 is 0 Å². The number of hydrogen-bond acceptors (Lipinski definition) is 3. The third-order valence-corrected chi connectivity index (χ3v) is 2.35. The first-order chi connectivity index (χ1) is 5.88. The van der Waals surface area contributed by atoms with E-state index in [-0.39, 0.29) is 0 Å². The van der Waals surface area contributed by atoms with Gasteiger partial charge in [-0.1, -0.05) is 16.6 Å². The Hall–Kier alpha value is 0.500. The first kappa shape index (κ1) is 10.6. The van der Waals surface area contributed by atoms with Gasteiger partial charge >= 0.3 is 0 Å². The summed E-state index contributed by atoms with van der Waals surface area (Å²) in [6.45, 7) is 2.07. The van der Waals surface area contributed by atoms with Crippen molar-refractivity contribution in [1.82, 2.24) is 9.59 Å². The minimum atomic E-state index is 1.00. The fraction of sp³-hybridized carbons (Fsp3) is 0.143. The van der Waals surface area contributed by atoms with Crippen LogP contribution in [0.4, 0.5) is 0 Å². The van der Waals surface area contributed by atoms with Gasteiger partial charge in [-0.15, -0.1) is 5.10 Å². The maximum atomic E-state index is 3.95. The molecule has 0 saturated heterocycles. The zero-order valence-corrected chi connectivity index (χ0v) is 11.4. The SMILES string of the molecule is Cc1cccc2nnsc12.II. The van der Waals surface area contributed by atoms with E-state index >= 15 is 0 Å². The zero-order valence-electron chi connectivity index (χ0n) is 6.29. The highest BCUT2D eigenvalue weighted by Crippen LogP contribution is 2.18. The Morgan fingerprint density at radius 1 is 1.33 bits per heavy atom. The van der Waals surface area contributed by atoms with Crippen LogP contribution in [0.15, 0.2) is 18.2 Å². The molecule has 1 heterocycles. The summed E-state index contributed by atoms with van der Waals surface area (Å²) in [5, 5.41) is 3.95. The highest BCUT2D eigenvalue weighted by atomic mass is 128. The van der Waals surface area contributed by atoms with Gasteiger partial charge in [0.15, 0.2) is 0 Å². The standard InChI is InChI=1S/C7H6N2S.I2/c1-5-3-2-4-6-7(5)10-9-8-6;1-2/h2-4H,1H3;. The van der Waals surface area contributed by atoms with Crippen molar-refractivity contribution >= 4 is 59.0 Å². The quantitative estimate of drug-likeness (QED) is 0.626. The zero-order chi connectivity index (χ0) is 8.97. The lowest BCUT2D eigenvalue weighted by Crippen LogP contribution is -1.70. The second-order valence-corrected chi connectivity index (χ2v) is 2.95. The Morgan fingerprint density at radius 2 is 2.08 bits per heavy atom. The van der Waals surface area contributed by atoms with E-state index in [2.05, 4.69) is 59.8 Å². The molecule has 0 bridgehead atoms. The van der Waals surface area contributed by atoms with Gasteiger partial charge in [0.1, 0.15) is 5.52 Å². The molecule has 12 heavy (non-hydrogen) atoms. The minimum Gasteiger partial charge on any atom is -0.138 e. The highest BCUT2D eigenvalue weighted by Gasteiger charge is 1.97. The van der Waals surface area contributed by atoms with Gasteiger partial charge in [0, 0.05) is 37.2 Å². The smallest absolute Gasteiger partial charge is 0.106 e. The van der Waals surface area contributed by atoms with Crippen molar-refractivity contribution in [2.75, 3.05) is 0 Å². The summed E-state index contributed by atoms with van der Waals surface area (Å²) in [6.07, 6.45) is 0. The van der Waals surface area contributed by atoms with E-state index in [1.165, 1.54) is 21.8 Å². The number of rotatable bonds is 0. The monoisotopic (exact) mass is 404 g/mol. The number of benzene rings is 1. The maximum Gasteiger partial charge on any atom is 0.106 e. The summed E-state index contributed by atoms with van der Waals surface area (Å²) in [7, 11) is 0. The third kappa shape index (κ3) is 2.25. The van der Waals surface area contributed by atoms with E-state index in [1.54, 1.807) is 0 Å². The van der Waals surface area contributed by atoms with E-state index in [0.717, 1.165) is 5.52 Å². The molecule has 0 spiro atoms. The van der Waals surface area contributed by atoms with Crippen LogP contribution in [0.5, 0.6) is 0 Å². The van der Waals surface area contributed by atoms with Crippen LogP contribution in [0.25, 0.3) is 10.2 Å². The van der Waals surface area contributed by atoms with E-state index in [4.69, 9.17) is 0 Å². The summed E-state index contributed by atoms with van der Waals surface area (Å²) in [4.78, 5) is 0. The fourth-order valence-electron chi connectivity index (χ4n) is 0.940. The molecule has 0 atom stereocenters. The normalized spacial score (nSPS) is 9.25. The number of fused-ring (bicyclic) bond motifs is 1. The Morgan fingerprint density at radius 3 is 2.75 bits per heavy atom. The Balaban J connectivity index is 0.000000336. The maximum absolute atomic E-state index is 3.95. The van der Waals surface area contributed by atoms with Crippen LogP contribution in [0.1, 0.15) is 5.56 Å². The van der Waals surface area contributed by atoms with Crippen molar-refractivity contribution in [3.8, 4) is 0 Å². The number of aromatic nitrogens is 2. The summed E-state index contributed by atoms with van der Waals surface area (Å²) >= 11 is 5.69. The molecule has 2 rings (SSSR count). The molecule has 1 aromatic heterocycles. The highest BCUT2D eigenvalue weighted by molar-refractivity contribution is 15.0. The number of halogens is 2. The second kappa shape index (κ2) is 5.28. The molecule has 0 unspecified atom stereocenters. The van der Waals surface area contributed by atoms with Crippen LogP contribution in [0, 0.1) is 6.92 Å². The summed E-state index contributed by atoms with van der Waals surface area (Å²) in [6, 6.07) is 6.05. The van der Waals surface area contributed by atoms with Gasteiger partial charge < -0.3 is 0 Å². The molecule has 0 fully saturated rings. The third-order valence-electron chi connectivity index (χ3n) is 1.47. The van der Waals surface area contributed by atoms with Crippen LogP contribution < -0.4 is 0 Å². The first-order valence-corrected chi connectivity index (χ1v) is 10.3. The van der Waals surface area contributed by atoms with Crippen molar-refractivity contribution in [3.63, 3.8) is 0 Å². The second-order valence-electron chi connectivity index (χ2n) is 2.20. The van der Waals surface area contributed by atoms with Gasteiger partial charge in [0.2, 0.25) is 0 Å². The van der Waals surface area contributed by atoms with E-state index in [9.17, 15) is 0 Å². The Labute approximate surface area is 98.2 Å². The molecule has 64 valence electrons. The van der Waals surface area contributed by atoms with Gasteiger partial charge in [-0.3, -0.25) is 0 Å². The molecule has 0 N–H and O–H groups in total. The van der Waals surface area contributed by atoms with E-state index < -0.39 is 0 Å². The largest absolute Gasteiger partial charge is 0.138 e. The molecule has 0 aliphatic carbocycles. The minimum absolute atomic E-state index is 1.00. The predicted molar refractivity (Wildman–Crippen MR) is 70.2 cm³/mol. The lowest BCUT2D eigenvalue weighted by Gasteiger charge is -1.88. The number of hydrogen-bond donors (Lipinski definition) is 0. The van der Waals surface area contributed by atoms with Crippen LogP contribution in [0.3, 0.4) is 0 Å². The van der Waals surface area contributed by atoms with Crippen molar-refractivity contribution in [1.29, 1.82) is 0 Å². The van der Waals surface area contributed by atoms with Gasteiger partial charge in [0.25, 0.3) is 0 Å². The molecule has 2 aromatic rings. The molecule has 5 heteroatoms. The Kier molecular flexibility index (Phi) is 4.65.